The maximum atomic E-state index is 13.9. The average molecular weight is 542 g/mol. The van der Waals surface area contributed by atoms with Gasteiger partial charge in [-0.25, -0.2) is 8.42 Å². The number of hydrogen-bond donors (Lipinski definition) is 1. The fourth-order valence-electron chi connectivity index (χ4n) is 4.96. The first-order valence-electron chi connectivity index (χ1n) is 13.2. The standard InChI is InChI=1S/C29H39N3O5S/c1-5-27(29(35)30-25-14-7-6-8-15-25)31(19-23-12-9-11-21(2)17-23)28(34)20-32(38(4,36)37)26-16-10-13-24(18-26)22(3)33/h9-13,16-18,25,27H,5-8,14-15,19-20H2,1-4H3,(H,30,35)/t27-/m1/s1. The van der Waals surface area contributed by atoms with Crippen molar-refractivity contribution in [1.29, 1.82) is 0 Å². The van der Waals surface area contributed by atoms with Crippen LogP contribution in [0.1, 0.15) is 73.9 Å². The zero-order valence-electron chi connectivity index (χ0n) is 22.8. The van der Waals surface area contributed by atoms with E-state index in [1.807, 2.05) is 38.1 Å². The highest BCUT2D eigenvalue weighted by atomic mass is 32.2. The van der Waals surface area contributed by atoms with Gasteiger partial charge in [-0.05, 0) is 50.8 Å². The summed E-state index contributed by atoms with van der Waals surface area (Å²) in [7, 11) is -3.87. The number of nitrogens with one attached hydrogen (secondary N) is 1. The lowest BCUT2D eigenvalue weighted by atomic mass is 9.95. The van der Waals surface area contributed by atoms with Gasteiger partial charge in [0.1, 0.15) is 12.6 Å². The molecule has 1 aliphatic rings. The zero-order valence-corrected chi connectivity index (χ0v) is 23.6. The highest BCUT2D eigenvalue weighted by Gasteiger charge is 2.33. The lowest BCUT2D eigenvalue weighted by molar-refractivity contribution is -0.140. The van der Waals surface area contributed by atoms with E-state index in [0.29, 0.717) is 12.0 Å². The minimum Gasteiger partial charge on any atom is -0.352 e. The Labute approximate surface area is 226 Å². The van der Waals surface area contributed by atoms with Gasteiger partial charge in [0, 0.05) is 18.2 Å². The minimum absolute atomic E-state index is 0.0862. The number of ketones is 1. The molecule has 2 amide bonds. The largest absolute Gasteiger partial charge is 0.352 e. The SMILES string of the molecule is CC[C@H](C(=O)NC1CCCCC1)N(Cc1cccc(C)c1)C(=O)CN(c1cccc(C(C)=O)c1)S(C)(=O)=O. The Hall–Kier alpha value is -3.20. The molecule has 3 rings (SSSR count). The van der Waals surface area contributed by atoms with Gasteiger partial charge < -0.3 is 10.2 Å². The number of hydrogen-bond acceptors (Lipinski definition) is 5. The van der Waals surface area contributed by atoms with Crippen molar-refractivity contribution in [3.63, 3.8) is 0 Å². The van der Waals surface area contributed by atoms with Crippen LogP contribution in [-0.2, 0) is 26.2 Å². The van der Waals surface area contributed by atoms with Crippen molar-refractivity contribution in [3.05, 3.63) is 65.2 Å². The summed E-state index contributed by atoms with van der Waals surface area (Å²) in [5, 5.41) is 3.14. The van der Waals surface area contributed by atoms with Crippen molar-refractivity contribution in [2.45, 2.75) is 77.9 Å². The van der Waals surface area contributed by atoms with Gasteiger partial charge in [-0.3, -0.25) is 18.7 Å². The van der Waals surface area contributed by atoms with Gasteiger partial charge in [-0.1, -0.05) is 68.1 Å². The molecule has 0 radical (unpaired) electrons. The molecule has 1 saturated carbocycles. The number of sulfonamides is 1. The first-order valence-corrected chi connectivity index (χ1v) is 15.1. The molecule has 2 aromatic rings. The Morgan fingerprint density at radius 3 is 2.32 bits per heavy atom. The smallest absolute Gasteiger partial charge is 0.244 e. The predicted octanol–water partition coefficient (Wildman–Crippen LogP) is 4.22. The van der Waals surface area contributed by atoms with E-state index in [1.54, 1.807) is 18.2 Å². The average Bonchev–Trinajstić information content (AvgIpc) is 2.87. The maximum Gasteiger partial charge on any atom is 0.244 e. The number of nitrogens with zero attached hydrogens (tertiary/aromatic N) is 2. The molecule has 0 saturated heterocycles. The third kappa shape index (κ3) is 7.90. The number of aryl methyl sites for hydroxylation is 1. The summed E-state index contributed by atoms with van der Waals surface area (Å²) in [5.74, 6) is -0.918. The number of carbonyl (C=O) groups excluding carboxylic acids is 3. The van der Waals surface area contributed by atoms with Crippen LogP contribution in [0.25, 0.3) is 0 Å². The molecule has 38 heavy (non-hydrogen) atoms. The van der Waals surface area contributed by atoms with Crippen molar-refractivity contribution >= 4 is 33.3 Å². The van der Waals surface area contributed by atoms with E-state index in [2.05, 4.69) is 5.32 Å². The van der Waals surface area contributed by atoms with Crippen molar-refractivity contribution in [3.8, 4) is 0 Å². The number of amides is 2. The normalized spacial score (nSPS) is 14.9. The van der Waals surface area contributed by atoms with Crippen LogP contribution >= 0.6 is 0 Å². The first-order chi connectivity index (χ1) is 18.0. The molecule has 206 valence electrons. The lowest BCUT2D eigenvalue weighted by Gasteiger charge is -2.34. The van der Waals surface area contributed by atoms with Crippen molar-refractivity contribution in [1.82, 2.24) is 10.2 Å². The quantitative estimate of drug-likeness (QED) is 0.429. The van der Waals surface area contributed by atoms with E-state index in [0.717, 1.165) is 53.8 Å². The van der Waals surface area contributed by atoms with Gasteiger partial charge in [0.15, 0.2) is 5.78 Å². The molecule has 1 N–H and O–H groups in total. The molecule has 0 aromatic heterocycles. The van der Waals surface area contributed by atoms with Crippen LogP contribution in [0.3, 0.4) is 0 Å². The number of benzene rings is 2. The second-order valence-electron chi connectivity index (χ2n) is 10.2. The van der Waals surface area contributed by atoms with Crippen LogP contribution < -0.4 is 9.62 Å². The minimum atomic E-state index is -3.87. The molecular formula is C29H39N3O5S. The summed E-state index contributed by atoms with van der Waals surface area (Å²) in [6.07, 6.45) is 6.54. The maximum absolute atomic E-state index is 13.9. The van der Waals surface area contributed by atoms with Crippen molar-refractivity contribution < 1.29 is 22.8 Å². The van der Waals surface area contributed by atoms with Gasteiger partial charge in [0.25, 0.3) is 0 Å². The molecular weight excluding hydrogens is 502 g/mol. The van der Waals surface area contributed by atoms with Gasteiger partial charge in [-0.15, -0.1) is 0 Å². The van der Waals surface area contributed by atoms with Crippen LogP contribution in [0.5, 0.6) is 0 Å². The Morgan fingerprint density at radius 2 is 1.71 bits per heavy atom. The van der Waals surface area contributed by atoms with Gasteiger partial charge in [0.2, 0.25) is 21.8 Å². The molecule has 1 aliphatic carbocycles. The van der Waals surface area contributed by atoms with Gasteiger partial charge in [0.05, 0.1) is 11.9 Å². The predicted molar refractivity (Wildman–Crippen MR) is 149 cm³/mol. The monoisotopic (exact) mass is 541 g/mol. The third-order valence-corrected chi connectivity index (χ3v) is 8.13. The van der Waals surface area contributed by atoms with E-state index in [4.69, 9.17) is 0 Å². The van der Waals surface area contributed by atoms with E-state index < -0.39 is 28.5 Å². The second kappa shape index (κ2) is 13.0. The van der Waals surface area contributed by atoms with E-state index in [9.17, 15) is 22.8 Å². The lowest BCUT2D eigenvalue weighted by Crippen LogP contribution is -2.54. The molecule has 1 atom stereocenters. The van der Waals surface area contributed by atoms with Crippen LogP contribution in [0, 0.1) is 6.92 Å². The summed E-state index contributed by atoms with van der Waals surface area (Å²) < 4.78 is 26.6. The summed E-state index contributed by atoms with van der Waals surface area (Å²) in [6.45, 7) is 4.89. The Morgan fingerprint density at radius 1 is 1.03 bits per heavy atom. The Balaban J connectivity index is 1.94. The second-order valence-corrected chi connectivity index (χ2v) is 12.1. The van der Waals surface area contributed by atoms with E-state index in [-0.39, 0.29) is 30.0 Å². The summed E-state index contributed by atoms with van der Waals surface area (Å²) >= 11 is 0. The fraction of sp³-hybridized carbons (Fsp3) is 0.483. The number of Topliss-reactive ketones (excluding diaryl/α,β-unsaturated/α-hetero) is 1. The number of rotatable bonds is 11. The highest BCUT2D eigenvalue weighted by molar-refractivity contribution is 7.92. The van der Waals surface area contributed by atoms with Crippen LogP contribution in [0.2, 0.25) is 0 Å². The summed E-state index contributed by atoms with van der Waals surface area (Å²) in [4.78, 5) is 40.7. The Bertz CT molecular complexity index is 1250. The number of carbonyl (C=O) groups is 3. The highest BCUT2D eigenvalue weighted by Crippen LogP contribution is 2.22. The third-order valence-electron chi connectivity index (χ3n) is 6.99. The summed E-state index contributed by atoms with van der Waals surface area (Å²) in [5.41, 5.74) is 2.45. The molecule has 0 aliphatic heterocycles. The molecule has 1 fully saturated rings. The van der Waals surface area contributed by atoms with E-state index in [1.165, 1.54) is 17.9 Å². The summed E-state index contributed by atoms with van der Waals surface area (Å²) in [6, 6.07) is 13.2. The van der Waals surface area contributed by atoms with Gasteiger partial charge in [-0.2, -0.15) is 0 Å². The molecule has 0 bridgehead atoms. The van der Waals surface area contributed by atoms with Gasteiger partial charge >= 0.3 is 0 Å². The Kier molecular flexibility index (Phi) is 10.1. The van der Waals surface area contributed by atoms with Crippen LogP contribution in [-0.4, -0.2) is 55.8 Å². The van der Waals surface area contributed by atoms with Crippen LogP contribution in [0.4, 0.5) is 5.69 Å². The molecule has 0 unspecified atom stereocenters. The van der Waals surface area contributed by atoms with Crippen molar-refractivity contribution in [2.24, 2.45) is 0 Å². The zero-order chi connectivity index (χ0) is 27.9. The molecule has 0 spiro atoms. The molecule has 8 nitrogen and oxygen atoms in total. The topological polar surface area (TPSA) is 104 Å². The number of anilines is 1. The van der Waals surface area contributed by atoms with E-state index >= 15 is 0 Å². The van der Waals surface area contributed by atoms with Crippen molar-refractivity contribution in [2.75, 3.05) is 17.1 Å². The molecule has 2 aromatic carbocycles. The first kappa shape index (κ1) is 29.4. The van der Waals surface area contributed by atoms with Crippen LogP contribution in [0.15, 0.2) is 48.5 Å². The molecule has 9 heteroatoms. The fourth-order valence-corrected chi connectivity index (χ4v) is 5.81. The molecule has 0 heterocycles.